The van der Waals surface area contributed by atoms with Gasteiger partial charge in [-0.3, -0.25) is 0 Å². The Bertz CT molecular complexity index is 98.9. The van der Waals surface area contributed by atoms with E-state index in [9.17, 15) is 0 Å². The van der Waals surface area contributed by atoms with E-state index in [1.54, 1.807) is 6.33 Å². The molecule has 38 valence electrons. The fourth-order valence-electron chi connectivity index (χ4n) is 0.209. The van der Waals surface area contributed by atoms with Crippen molar-refractivity contribution in [3.8, 4) is 0 Å². The highest BCUT2D eigenvalue weighted by Gasteiger charge is 1.58. The summed E-state index contributed by atoms with van der Waals surface area (Å²) in [5, 5.41) is 3.86. The highest BCUT2D eigenvalue weighted by atomic mass is 32.1. The SMILES string of the molecule is c1nsccs[nH]1. The summed E-state index contributed by atoms with van der Waals surface area (Å²) in [6, 6.07) is 0. The fourth-order valence-corrected chi connectivity index (χ4v) is 1.07. The Kier molecular flexibility index (Phi) is 1.89. The van der Waals surface area contributed by atoms with Crippen molar-refractivity contribution < 1.29 is 0 Å². The maximum atomic E-state index is 3.84. The molecule has 0 fully saturated rings. The van der Waals surface area contributed by atoms with E-state index in [1.807, 2.05) is 10.8 Å². The molecule has 1 N–H and O–H groups in total. The zero-order chi connectivity index (χ0) is 4.95. The number of H-pyrrole nitrogens is 1. The number of nitrogens with one attached hydrogen (secondary N) is 1. The van der Waals surface area contributed by atoms with Gasteiger partial charge in [-0.1, -0.05) is 11.5 Å². The van der Waals surface area contributed by atoms with E-state index in [4.69, 9.17) is 0 Å². The van der Waals surface area contributed by atoms with Crippen LogP contribution in [0.5, 0.6) is 0 Å². The van der Waals surface area contributed by atoms with Crippen molar-refractivity contribution in [3.05, 3.63) is 17.1 Å². The van der Waals surface area contributed by atoms with Gasteiger partial charge in [0.05, 0.1) is 0 Å². The van der Waals surface area contributed by atoms with E-state index in [-0.39, 0.29) is 0 Å². The molecule has 0 aliphatic heterocycles. The molecule has 1 aromatic rings. The molecule has 0 radical (unpaired) electrons. The van der Waals surface area contributed by atoms with E-state index in [0.29, 0.717) is 0 Å². The van der Waals surface area contributed by atoms with E-state index in [0.717, 1.165) is 0 Å². The maximum Gasteiger partial charge on any atom is 0.114 e. The topological polar surface area (TPSA) is 28.7 Å². The molecule has 0 spiro atoms. The van der Waals surface area contributed by atoms with Crippen LogP contribution >= 0.6 is 23.1 Å². The van der Waals surface area contributed by atoms with E-state index >= 15 is 0 Å². The summed E-state index contributed by atoms with van der Waals surface area (Å²) in [5.41, 5.74) is 0. The van der Waals surface area contributed by atoms with Gasteiger partial charge in [-0.05, 0) is 11.5 Å². The lowest BCUT2D eigenvalue weighted by Crippen LogP contribution is -1.49. The van der Waals surface area contributed by atoms with Gasteiger partial charge in [-0.25, -0.2) is 0 Å². The molecule has 0 saturated heterocycles. The smallest absolute Gasteiger partial charge is 0.114 e. The Morgan fingerprint density at radius 1 is 1.43 bits per heavy atom. The minimum Gasteiger partial charge on any atom is -0.301 e. The van der Waals surface area contributed by atoms with Crippen molar-refractivity contribution in [3.63, 3.8) is 0 Å². The Balaban J connectivity index is 3.06. The number of hydrogen-bond acceptors (Lipinski definition) is 3. The van der Waals surface area contributed by atoms with Gasteiger partial charge in [0.25, 0.3) is 0 Å². The highest BCUT2D eigenvalue weighted by Crippen LogP contribution is 1.86. The quantitative estimate of drug-likeness (QED) is 0.571. The van der Waals surface area contributed by atoms with Crippen LogP contribution in [0.1, 0.15) is 0 Å². The third kappa shape index (κ3) is 1.70. The van der Waals surface area contributed by atoms with Crippen LogP contribution in [0, 0.1) is 0 Å². The lowest BCUT2D eigenvalue weighted by molar-refractivity contribution is 1.39. The Morgan fingerprint density at radius 2 is 2.43 bits per heavy atom. The van der Waals surface area contributed by atoms with Gasteiger partial charge in [0, 0.05) is 10.8 Å². The summed E-state index contributed by atoms with van der Waals surface area (Å²) in [7, 11) is 0. The molecule has 0 aliphatic rings. The molecule has 1 heterocycles. The van der Waals surface area contributed by atoms with Gasteiger partial charge in [-0.2, -0.15) is 4.37 Å². The standard InChI is InChI=1S/C3H4N2S2/c1-2-7-5-3-4-6-1/h1-3H,(H,4,5). The average molecular weight is 132 g/mol. The molecule has 0 bridgehead atoms. The first kappa shape index (κ1) is 4.80. The molecule has 0 unspecified atom stereocenters. The van der Waals surface area contributed by atoms with Crippen LogP contribution in [0.4, 0.5) is 0 Å². The minimum atomic E-state index is 1.42. The van der Waals surface area contributed by atoms with Crippen LogP contribution in [-0.4, -0.2) is 8.75 Å². The monoisotopic (exact) mass is 132 g/mol. The van der Waals surface area contributed by atoms with Crippen LogP contribution in [-0.2, 0) is 0 Å². The van der Waals surface area contributed by atoms with Crippen molar-refractivity contribution in [1.82, 2.24) is 8.75 Å². The molecule has 0 aromatic carbocycles. The molecule has 4 heteroatoms. The molecule has 0 saturated carbocycles. The fraction of sp³-hybridized carbons (Fsp3) is 0. The molecule has 0 atom stereocenters. The van der Waals surface area contributed by atoms with E-state index < -0.39 is 0 Å². The summed E-state index contributed by atoms with van der Waals surface area (Å²) in [6.45, 7) is 0. The maximum absolute atomic E-state index is 3.84. The second kappa shape index (κ2) is 2.76. The molecule has 1 aromatic heterocycles. The minimum absolute atomic E-state index is 1.42. The summed E-state index contributed by atoms with van der Waals surface area (Å²) in [6.07, 6.45) is 1.66. The summed E-state index contributed by atoms with van der Waals surface area (Å²) < 4.78 is 6.71. The predicted octanol–water partition coefficient (Wildman–Crippen LogP) is 1.66. The summed E-state index contributed by atoms with van der Waals surface area (Å²) in [5.74, 6) is 0. The first-order valence-electron chi connectivity index (χ1n) is 1.74. The Morgan fingerprint density at radius 3 is 3.43 bits per heavy atom. The summed E-state index contributed by atoms with van der Waals surface area (Å²) >= 11 is 2.94. The van der Waals surface area contributed by atoms with Gasteiger partial charge in [0.1, 0.15) is 6.33 Å². The van der Waals surface area contributed by atoms with E-state index in [1.165, 1.54) is 23.1 Å². The highest BCUT2D eigenvalue weighted by molar-refractivity contribution is 7.07. The number of rotatable bonds is 0. The summed E-state index contributed by atoms with van der Waals surface area (Å²) in [4.78, 5) is 0. The van der Waals surface area contributed by atoms with Crippen molar-refractivity contribution >= 4 is 23.1 Å². The molecule has 0 aliphatic carbocycles. The number of nitrogens with zero attached hydrogens (tertiary/aromatic N) is 1. The molecule has 0 amide bonds. The number of aromatic amines is 1. The number of aromatic nitrogens is 2. The lowest BCUT2D eigenvalue weighted by Gasteiger charge is -1.58. The third-order valence-electron chi connectivity index (χ3n) is 0.419. The normalized spacial score (nSPS) is 8.00. The van der Waals surface area contributed by atoms with Crippen LogP contribution in [0.2, 0.25) is 0 Å². The van der Waals surface area contributed by atoms with Gasteiger partial charge < -0.3 is 4.37 Å². The second-order valence-corrected chi connectivity index (χ2v) is 2.29. The number of hydrogen-bond donors (Lipinski definition) is 1. The average Bonchev–Trinajstić information content (AvgIpc) is 1.90. The van der Waals surface area contributed by atoms with Crippen LogP contribution < -0.4 is 0 Å². The first-order valence-corrected chi connectivity index (χ1v) is 3.45. The predicted molar refractivity (Wildman–Crippen MR) is 32.0 cm³/mol. The van der Waals surface area contributed by atoms with Gasteiger partial charge in [-0.15, -0.1) is 0 Å². The zero-order valence-electron chi connectivity index (χ0n) is 3.50. The van der Waals surface area contributed by atoms with Crippen molar-refractivity contribution in [2.24, 2.45) is 0 Å². The molecular formula is C3H4N2S2. The van der Waals surface area contributed by atoms with Crippen molar-refractivity contribution in [2.75, 3.05) is 0 Å². The van der Waals surface area contributed by atoms with Crippen LogP contribution in [0.15, 0.2) is 17.1 Å². The second-order valence-electron chi connectivity index (χ2n) is 0.848. The largest absolute Gasteiger partial charge is 0.301 e. The van der Waals surface area contributed by atoms with E-state index in [2.05, 4.69) is 8.75 Å². The van der Waals surface area contributed by atoms with Crippen LogP contribution in [0.3, 0.4) is 0 Å². The molecule has 2 nitrogen and oxygen atoms in total. The molecule has 7 heavy (non-hydrogen) atoms. The third-order valence-corrected chi connectivity index (χ3v) is 1.59. The molecular weight excluding hydrogens is 128 g/mol. The first-order chi connectivity index (χ1) is 3.50. The van der Waals surface area contributed by atoms with Gasteiger partial charge in [0.15, 0.2) is 0 Å². The zero-order valence-corrected chi connectivity index (χ0v) is 5.13. The lowest BCUT2D eigenvalue weighted by atomic mass is 11.2. The van der Waals surface area contributed by atoms with Crippen molar-refractivity contribution in [1.29, 1.82) is 0 Å². The molecule has 1 rings (SSSR count). The Labute approximate surface area is 49.5 Å². The van der Waals surface area contributed by atoms with Gasteiger partial charge in [0.2, 0.25) is 0 Å². The van der Waals surface area contributed by atoms with Gasteiger partial charge >= 0.3 is 0 Å². The Hall–Kier alpha value is -0.350. The van der Waals surface area contributed by atoms with Crippen molar-refractivity contribution in [2.45, 2.75) is 0 Å². The van der Waals surface area contributed by atoms with Crippen LogP contribution in [0.25, 0.3) is 0 Å².